The zero-order valence-corrected chi connectivity index (χ0v) is 17.3. The van der Waals surface area contributed by atoms with Gasteiger partial charge in [-0.05, 0) is 73.7 Å². The predicted octanol–water partition coefficient (Wildman–Crippen LogP) is 4.32. The lowest BCUT2D eigenvalue weighted by atomic mass is 10.0. The molecule has 0 unspecified atom stereocenters. The fourth-order valence-electron chi connectivity index (χ4n) is 3.12. The van der Waals surface area contributed by atoms with Crippen LogP contribution in [-0.2, 0) is 9.59 Å². The van der Waals surface area contributed by atoms with Crippen LogP contribution in [0.3, 0.4) is 0 Å². The van der Waals surface area contributed by atoms with Gasteiger partial charge in [-0.25, -0.2) is 0 Å². The third-order valence-electron chi connectivity index (χ3n) is 4.66. The van der Waals surface area contributed by atoms with E-state index in [1.54, 1.807) is 36.4 Å². The Labute approximate surface area is 184 Å². The molecule has 1 aliphatic rings. The van der Waals surface area contributed by atoms with E-state index in [-0.39, 0.29) is 16.4 Å². The number of benzene rings is 3. The summed E-state index contributed by atoms with van der Waals surface area (Å²) in [6.45, 7) is 1.85. The molecule has 154 valence electrons. The maximum atomic E-state index is 13.1. The molecule has 0 saturated carbocycles. The first kappa shape index (κ1) is 20.3. The standard InChI is InChI=1S/C24H18N2O4S/c1-15-7-12-21(27)16(13-15)14-20-22(28)25-24(31)26(23(20)29)17-8-10-19(11-9-17)30-18-5-3-2-4-6-18/h2-14,27H,1H3,(H,25,28,31). The molecular formula is C24H18N2O4S. The highest BCUT2D eigenvalue weighted by Crippen LogP contribution is 2.28. The smallest absolute Gasteiger partial charge is 0.270 e. The Morgan fingerprint density at radius 1 is 0.968 bits per heavy atom. The Morgan fingerprint density at radius 3 is 2.35 bits per heavy atom. The van der Waals surface area contributed by atoms with Gasteiger partial charge in [0.1, 0.15) is 22.8 Å². The van der Waals surface area contributed by atoms with Gasteiger partial charge in [-0.3, -0.25) is 19.8 Å². The van der Waals surface area contributed by atoms with Gasteiger partial charge in [-0.1, -0.05) is 29.8 Å². The molecular weight excluding hydrogens is 412 g/mol. The molecule has 1 fully saturated rings. The molecule has 7 heteroatoms. The number of carbonyl (C=O) groups excluding carboxylic acids is 2. The zero-order valence-electron chi connectivity index (χ0n) is 16.5. The number of rotatable bonds is 4. The third-order valence-corrected chi connectivity index (χ3v) is 4.94. The predicted molar refractivity (Wildman–Crippen MR) is 122 cm³/mol. The van der Waals surface area contributed by atoms with E-state index in [0.29, 0.717) is 22.7 Å². The van der Waals surface area contributed by atoms with Gasteiger partial charge in [0.25, 0.3) is 11.8 Å². The summed E-state index contributed by atoms with van der Waals surface area (Å²) < 4.78 is 5.77. The molecule has 0 aromatic heterocycles. The monoisotopic (exact) mass is 430 g/mol. The van der Waals surface area contributed by atoms with E-state index in [2.05, 4.69) is 5.32 Å². The van der Waals surface area contributed by atoms with Crippen LogP contribution in [0.15, 0.2) is 78.4 Å². The number of phenolic OH excluding ortho intramolecular Hbond substituents is 1. The summed E-state index contributed by atoms with van der Waals surface area (Å²) >= 11 is 5.23. The van der Waals surface area contributed by atoms with E-state index < -0.39 is 11.8 Å². The number of hydrogen-bond donors (Lipinski definition) is 2. The van der Waals surface area contributed by atoms with Gasteiger partial charge >= 0.3 is 0 Å². The van der Waals surface area contributed by atoms with Crippen molar-refractivity contribution in [2.24, 2.45) is 0 Å². The minimum absolute atomic E-state index is 0.0164. The van der Waals surface area contributed by atoms with E-state index in [4.69, 9.17) is 17.0 Å². The van der Waals surface area contributed by atoms with Crippen LogP contribution in [0, 0.1) is 6.92 Å². The SMILES string of the molecule is Cc1ccc(O)c(C=C2C(=O)NC(=S)N(c3ccc(Oc4ccccc4)cc3)C2=O)c1. The topological polar surface area (TPSA) is 78.9 Å². The Morgan fingerprint density at radius 2 is 1.65 bits per heavy atom. The van der Waals surface area contributed by atoms with E-state index >= 15 is 0 Å². The minimum Gasteiger partial charge on any atom is -0.507 e. The van der Waals surface area contributed by atoms with Gasteiger partial charge in [0.15, 0.2) is 5.11 Å². The summed E-state index contributed by atoms with van der Waals surface area (Å²) in [5.41, 5.74) is 1.61. The molecule has 0 bridgehead atoms. The van der Waals surface area contributed by atoms with Gasteiger partial charge in [-0.2, -0.15) is 0 Å². The van der Waals surface area contributed by atoms with E-state index in [1.165, 1.54) is 17.0 Å². The molecule has 2 N–H and O–H groups in total. The van der Waals surface area contributed by atoms with Crippen molar-refractivity contribution < 1.29 is 19.4 Å². The zero-order chi connectivity index (χ0) is 22.0. The molecule has 1 aliphatic heterocycles. The second kappa shape index (κ2) is 8.41. The lowest BCUT2D eigenvalue weighted by molar-refractivity contribution is -0.122. The first-order valence-electron chi connectivity index (χ1n) is 9.46. The molecule has 0 spiro atoms. The lowest BCUT2D eigenvalue weighted by Gasteiger charge is -2.29. The van der Waals surface area contributed by atoms with Gasteiger partial charge < -0.3 is 9.84 Å². The van der Waals surface area contributed by atoms with Crippen LogP contribution in [0.4, 0.5) is 5.69 Å². The van der Waals surface area contributed by atoms with Crippen molar-refractivity contribution in [3.8, 4) is 17.2 Å². The van der Waals surface area contributed by atoms with Crippen molar-refractivity contribution in [1.29, 1.82) is 0 Å². The van der Waals surface area contributed by atoms with Gasteiger partial charge in [0.05, 0.1) is 5.69 Å². The molecule has 3 aromatic rings. The number of ether oxygens (including phenoxy) is 1. The van der Waals surface area contributed by atoms with Crippen LogP contribution in [0.25, 0.3) is 6.08 Å². The van der Waals surface area contributed by atoms with Crippen LogP contribution in [-0.4, -0.2) is 22.0 Å². The Kier molecular flexibility index (Phi) is 5.51. The fourth-order valence-corrected chi connectivity index (χ4v) is 3.41. The molecule has 6 nitrogen and oxygen atoms in total. The molecule has 4 rings (SSSR count). The number of nitrogens with one attached hydrogen (secondary N) is 1. The summed E-state index contributed by atoms with van der Waals surface area (Å²) in [6, 6.07) is 21.0. The minimum atomic E-state index is -0.615. The highest BCUT2D eigenvalue weighted by atomic mass is 32.1. The number of aromatic hydroxyl groups is 1. The number of carbonyl (C=O) groups is 2. The molecule has 1 heterocycles. The summed E-state index contributed by atoms with van der Waals surface area (Å²) in [5.74, 6) is 0.0634. The summed E-state index contributed by atoms with van der Waals surface area (Å²) in [6.07, 6.45) is 1.36. The third kappa shape index (κ3) is 4.31. The normalized spacial score (nSPS) is 15.2. The van der Waals surface area contributed by atoms with Crippen molar-refractivity contribution >= 4 is 40.9 Å². The largest absolute Gasteiger partial charge is 0.507 e. The second-order valence-corrected chi connectivity index (χ2v) is 7.32. The van der Waals surface area contributed by atoms with Crippen molar-refractivity contribution in [2.45, 2.75) is 6.92 Å². The van der Waals surface area contributed by atoms with Crippen LogP contribution < -0.4 is 15.0 Å². The van der Waals surface area contributed by atoms with Crippen molar-refractivity contribution in [2.75, 3.05) is 4.90 Å². The lowest BCUT2D eigenvalue weighted by Crippen LogP contribution is -2.54. The molecule has 1 saturated heterocycles. The summed E-state index contributed by atoms with van der Waals surface area (Å²) in [7, 11) is 0. The highest BCUT2D eigenvalue weighted by Gasteiger charge is 2.34. The van der Waals surface area contributed by atoms with Crippen LogP contribution in [0.5, 0.6) is 17.2 Å². The summed E-state index contributed by atoms with van der Waals surface area (Å²) in [5, 5.41) is 12.6. The number of para-hydroxylation sites is 1. The second-order valence-electron chi connectivity index (χ2n) is 6.93. The van der Waals surface area contributed by atoms with Crippen LogP contribution in [0.2, 0.25) is 0 Å². The number of phenols is 1. The van der Waals surface area contributed by atoms with E-state index in [1.807, 2.05) is 37.3 Å². The molecule has 2 amide bonds. The first-order chi connectivity index (χ1) is 14.9. The number of anilines is 1. The van der Waals surface area contributed by atoms with Gasteiger partial charge in [-0.15, -0.1) is 0 Å². The summed E-state index contributed by atoms with van der Waals surface area (Å²) in [4.78, 5) is 26.8. The molecule has 0 radical (unpaired) electrons. The number of amides is 2. The van der Waals surface area contributed by atoms with Crippen molar-refractivity contribution in [1.82, 2.24) is 5.32 Å². The first-order valence-corrected chi connectivity index (χ1v) is 9.87. The Balaban J connectivity index is 1.62. The fraction of sp³-hybridized carbons (Fsp3) is 0.0417. The number of aryl methyl sites for hydroxylation is 1. The van der Waals surface area contributed by atoms with Crippen LogP contribution in [0.1, 0.15) is 11.1 Å². The molecule has 3 aromatic carbocycles. The van der Waals surface area contributed by atoms with Gasteiger partial charge in [0.2, 0.25) is 0 Å². The number of nitrogens with zero attached hydrogens (tertiary/aromatic N) is 1. The van der Waals surface area contributed by atoms with E-state index in [0.717, 1.165) is 5.56 Å². The average molecular weight is 430 g/mol. The van der Waals surface area contributed by atoms with Crippen molar-refractivity contribution in [3.05, 3.63) is 89.5 Å². The van der Waals surface area contributed by atoms with E-state index in [9.17, 15) is 14.7 Å². The van der Waals surface area contributed by atoms with Crippen LogP contribution >= 0.6 is 12.2 Å². The molecule has 0 atom stereocenters. The molecule has 31 heavy (non-hydrogen) atoms. The molecule has 0 aliphatic carbocycles. The average Bonchev–Trinajstić information content (AvgIpc) is 2.75. The maximum absolute atomic E-state index is 13.1. The van der Waals surface area contributed by atoms with Gasteiger partial charge in [0, 0.05) is 5.56 Å². The van der Waals surface area contributed by atoms with Crippen molar-refractivity contribution in [3.63, 3.8) is 0 Å². The quantitative estimate of drug-likeness (QED) is 0.366. The Bertz CT molecular complexity index is 1200. The highest BCUT2D eigenvalue weighted by molar-refractivity contribution is 7.80. The maximum Gasteiger partial charge on any atom is 0.270 e. The Hall–Kier alpha value is -3.97. The number of hydrogen-bond acceptors (Lipinski definition) is 5. The number of thiocarbonyl (C=S) groups is 1.